The Hall–Kier alpha value is -1.91. The molecule has 0 bridgehead atoms. The molecule has 1 amide bonds. The van der Waals surface area contributed by atoms with Gasteiger partial charge in [-0.1, -0.05) is 6.07 Å². The quantitative estimate of drug-likeness (QED) is 0.754. The van der Waals surface area contributed by atoms with Crippen molar-refractivity contribution in [1.82, 2.24) is 9.88 Å². The first-order chi connectivity index (χ1) is 7.60. The van der Waals surface area contributed by atoms with Crippen LogP contribution in [0, 0.1) is 6.92 Å². The number of nitrogens with zero attached hydrogens (tertiary/aromatic N) is 2. The number of hydrogen-bond acceptors (Lipinski definition) is 3. The lowest BCUT2D eigenvalue weighted by Gasteiger charge is -2.23. The molecule has 0 aliphatic heterocycles. The highest BCUT2D eigenvalue weighted by Crippen LogP contribution is 2.18. The fourth-order valence-corrected chi connectivity index (χ4v) is 1.43. The Bertz CT molecular complexity index is 375. The van der Waals surface area contributed by atoms with Gasteiger partial charge in [-0.25, -0.2) is 4.79 Å². The monoisotopic (exact) mass is 222 g/mol. The molecule has 0 spiro atoms. The van der Waals surface area contributed by atoms with Crippen LogP contribution < -0.4 is 0 Å². The average molecular weight is 222 g/mol. The maximum atomic E-state index is 11.1. The molecule has 1 atom stereocenters. The summed E-state index contributed by atoms with van der Waals surface area (Å²) in [5.74, 6) is -1.06. The molecular formula is C11H14N2O3. The number of hydrogen-bond donors (Lipinski definition) is 1. The summed E-state index contributed by atoms with van der Waals surface area (Å²) in [5.41, 5.74) is 1.31. The second kappa shape index (κ2) is 5.25. The fraction of sp³-hybridized carbons (Fsp3) is 0.364. The van der Waals surface area contributed by atoms with Crippen LogP contribution in [-0.4, -0.2) is 33.9 Å². The van der Waals surface area contributed by atoms with E-state index in [2.05, 4.69) is 4.98 Å². The lowest BCUT2D eigenvalue weighted by Crippen LogP contribution is -2.33. The Morgan fingerprint density at radius 1 is 1.62 bits per heavy atom. The minimum absolute atomic E-state index is 0.342. The van der Waals surface area contributed by atoms with Crippen LogP contribution in [0.3, 0.4) is 0 Å². The average Bonchev–Trinajstić information content (AvgIpc) is 2.27. The normalized spacial score (nSPS) is 11.9. The number of carboxylic acids is 1. The molecule has 0 aromatic carbocycles. The zero-order valence-electron chi connectivity index (χ0n) is 9.25. The third-order valence-electron chi connectivity index (χ3n) is 2.32. The SMILES string of the molecule is CCN(C=O)C(C(=O)O)c1ccc(C)nc1. The number of amides is 1. The van der Waals surface area contributed by atoms with Crippen LogP contribution in [-0.2, 0) is 9.59 Å². The van der Waals surface area contributed by atoms with Crippen molar-refractivity contribution in [3.05, 3.63) is 29.6 Å². The van der Waals surface area contributed by atoms with E-state index in [1.165, 1.54) is 11.1 Å². The molecule has 1 aromatic rings. The van der Waals surface area contributed by atoms with E-state index in [0.717, 1.165) is 5.69 Å². The first-order valence-electron chi connectivity index (χ1n) is 4.96. The fourth-order valence-electron chi connectivity index (χ4n) is 1.43. The van der Waals surface area contributed by atoms with E-state index in [0.29, 0.717) is 18.5 Å². The van der Waals surface area contributed by atoms with E-state index in [9.17, 15) is 9.59 Å². The highest BCUT2D eigenvalue weighted by Gasteiger charge is 2.25. The van der Waals surface area contributed by atoms with Gasteiger partial charge in [-0.2, -0.15) is 0 Å². The summed E-state index contributed by atoms with van der Waals surface area (Å²) in [7, 11) is 0. The molecule has 0 aliphatic carbocycles. The van der Waals surface area contributed by atoms with Gasteiger partial charge in [0.05, 0.1) is 0 Å². The van der Waals surface area contributed by atoms with E-state index in [-0.39, 0.29) is 0 Å². The first kappa shape index (κ1) is 12.2. The first-order valence-corrected chi connectivity index (χ1v) is 4.96. The van der Waals surface area contributed by atoms with Crippen molar-refractivity contribution in [1.29, 1.82) is 0 Å². The number of aliphatic carboxylic acids is 1. The number of carbonyl (C=O) groups is 2. The second-order valence-corrected chi connectivity index (χ2v) is 3.41. The zero-order valence-corrected chi connectivity index (χ0v) is 9.25. The summed E-state index contributed by atoms with van der Waals surface area (Å²) in [6, 6.07) is 2.44. The van der Waals surface area contributed by atoms with Crippen molar-refractivity contribution in [3.8, 4) is 0 Å². The summed E-state index contributed by atoms with van der Waals surface area (Å²) in [6.07, 6.45) is 2.03. The van der Waals surface area contributed by atoms with Gasteiger partial charge in [0.1, 0.15) is 0 Å². The number of likely N-dealkylation sites (N-methyl/N-ethyl adjacent to an activating group) is 1. The highest BCUT2D eigenvalue weighted by molar-refractivity contribution is 5.78. The van der Waals surface area contributed by atoms with Crippen LogP contribution in [0.1, 0.15) is 24.2 Å². The van der Waals surface area contributed by atoms with Gasteiger partial charge in [0.15, 0.2) is 6.04 Å². The molecule has 1 N–H and O–H groups in total. The molecule has 0 fully saturated rings. The van der Waals surface area contributed by atoms with E-state index < -0.39 is 12.0 Å². The van der Waals surface area contributed by atoms with Crippen LogP contribution in [0.4, 0.5) is 0 Å². The van der Waals surface area contributed by atoms with Crippen LogP contribution >= 0.6 is 0 Å². The molecule has 0 aliphatic rings. The van der Waals surface area contributed by atoms with Crippen LogP contribution in [0.2, 0.25) is 0 Å². The van der Waals surface area contributed by atoms with E-state index in [4.69, 9.17) is 5.11 Å². The predicted octanol–water partition coefficient (Wildman–Crippen LogP) is 0.994. The molecule has 16 heavy (non-hydrogen) atoms. The molecule has 5 nitrogen and oxygen atoms in total. The maximum absolute atomic E-state index is 11.1. The Kier molecular flexibility index (Phi) is 3.99. The van der Waals surface area contributed by atoms with E-state index in [1.807, 2.05) is 6.92 Å². The molecule has 1 aromatic heterocycles. The number of aryl methyl sites for hydroxylation is 1. The Morgan fingerprint density at radius 3 is 2.69 bits per heavy atom. The van der Waals surface area contributed by atoms with Crippen molar-refractivity contribution < 1.29 is 14.7 Å². The zero-order chi connectivity index (χ0) is 12.1. The largest absolute Gasteiger partial charge is 0.479 e. The van der Waals surface area contributed by atoms with Gasteiger partial charge in [0.25, 0.3) is 0 Å². The lowest BCUT2D eigenvalue weighted by atomic mass is 10.1. The molecule has 0 saturated carbocycles. The van der Waals surface area contributed by atoms with Crippen LogP contribution in [0.15, 0.2) is 18.3 Å². The predicted molar refractivity (Wildman–Crippen MR) is 57.8 cm³/mol. The van der Waals surface area contributed by atoms with Gasteiger partial charge >= 0.3 is 5.97 Å². The van der Waals surface area contributed by atoms with Gasteiger partial charge in [0.2, 0.25) is 6.41 Å². The maximum Gasteiger partial charge on any atom is 0.331 e. The van der Waals surface area contributed by atoms with Crippen molar-refractivity contribution in [3.63, 3.8) is 0 Å². The van der Waals surface area contributed by atoms with E-state index >= 15 is 0 Å². The third kappa shape index (κ3) is 2.56. The minimum atomic E-state index is -1.06. The Balaban J connectivity index is 3.06. The number of pyridine rings is 1. The summed E-state index contributed by atoms with van der Waals surface area (Å²) >= 11 is 0. The molecule has 86 valence electrons. The third-order valence-corrected chi connectivity index (χ3v) is 2.32. The summed E-state index contributed by atoms with van der Waals surface area (Å²) < 4.78 is 0. The van der Waals surface area contributed by atoms with Gasteiger partial charge in [-0.15, -0.1) is 0 Å². The summed E-state index contributed by atoms with van der Waals surface area (Å²) in [5, 5.41) is 9.10. The molecule has 1 heterocycles. The van der Waals surface area contributed by atoms with Gasteiger partial charge in [-0.3, -0.25) is 9.78 Å². The Labute approximate surface area is 93.7 Å². The van der Waals surface area contributed by atoms with E-state index in [1.54, 1.807) is 19.1 Å². The van der Waals surface area contributed by atoms with Crippen molar-refractivity contribution >= 4 is 12.4 Å². The van der Waals surface area contributed by atoms with Gasteiger partial charge < -0.3 is 10.0 Å². The minimum Gasteiger partial charge on any atom is -0.479 e. The summed E-state index contributed by atoms with van der Waals surface area (Å²) in [6.45, 7) is 3.89. The number of carboxylic acid groups (broad SMARTS) is 1. The van der Waals surface area contributed by atoms with Crippen molar-refractivity contribution in [2.45, 2.75) is 19.9 Å². The lowest BCUT2D eigenvalue weighted by molar-refractivity contribution is -0.146. The second-order valence-electron chi connectivity index (χ2n) is 3.41. The van der Waals surface area contributed by atoms with Crippen LogP contribution in [0.5, 0.6) is 0 Å². The smallest absolute Gasteiger partial charge is 0.331 e. The standard InChI is InChI=1S/C11H14N2O3/c1-3-13(7-14)10(11(15)16)9-5-4-8(2)12-6-9/h4-7,10H,3H2,1-2H3,(H,15,16). The number of rotatable bonds is 5. The van der Waals surface area contributed by atoms with Gasteiger partial charge in [-0.05, 0) is 19.9 Å². The molecule has 5 heteroatoms. The number of carbonyl (C=O) groups excluding carboxylic acids is 1. The molecule has 1 rings (SSSR count). The van der Waals surface area contributed by atoms with Crippen LogP contribution in [0.25, 0.3) is 0 Å². The Morgan fingerprint density at radius 2 is 2.31 bits per heavy atom. The van der Waals surface area contributed by atoms with Crippen molar-refractivity contribution in [2.75, 3.05) is 6.54 Å². The topological polar surface area (TPSA) is 70.5 Å². The van der Waals surface area contributed by atoms with Crippen molar-refractivity contribution in [2.24, 2.45) is 0 Å². The highest BCUT2D eigenvalue weighted by atomic mass is 16.4. The molecule has 1 unspecified atom stereocenters. The molecule has 0 saturated heterocycles. The van der Waals surface area contributed by atoms with Gasteiger partial charge in [0, 0.05) is 24.0 Å². The summed E-state index contributed by atoms with van der Waals surface area (Å²) in [4.78, 5) is 27.1. The molecular weight excluding hydrogens is 208 g/mol. The number of aromatic nitrogens is 1. The molecule has 0 radical (unpaired) electrons.